The molecule has 1 aromatic heterocycles. The third kappa shape index (κ3) is 4.28. The van der Waals surface area contributed by atoms with Crippen molar-refractivity contribution >= 4 is 11.6 Å². The predicted molar refractivity (Wildman–Crippen MR) is 85.1 cm³/mol. The molecule has 118 valence electrons. The molecule has 0 bridgehead atoms. The van der Waals surface area contributed by atoms with Gasteiger partial charge in [-0.15, -0.1) is 0 Å². The number of hydrogen-bond donors (Lipinski definition) is 4. The van der Waals surface area contributed by atoms with E-state index in [1.54, 1.807) is 0 Å². The standard InChI is InChI=1S/C15H27N5O/c1-3-4-11(7-8-21)9-17-13-10(2)14(20-16)19-15(18-13)12-5-6-12/h11-12,21H,3-9,16H2,1-2H3,(H2,17,18,19,20). The molecule has 2 rings (SSSR count). The Morgan fingerprint density at radius 2 is 2.00 bits per heavy atom. The van der Waals surface area contributed by atoms with E-state index in [2.05, 4.69) is 27.6 Å². The SMILES string of the molecule is CCCC(CCO)CNc1nc(C2CC2)nc(NN)c1C. The Labute approximate surface area is 126 Å². The molecule has 1 aliphatic carbocycles. The summed E-state index contributed by atoms with van der Waals surface area (Å²) in [7, 11) is 0. The molecule has 0 spiro atoms. The molecule has 5 N–H and O–H groups in total. The molecule has 0 radical (unpaired) electrons. The van der Waals surface area contributed by atoms with Gasteiger partial charge in [0.25, 0.3) is 0 Å². The van der Waals surface area contributed by atoms with Crippen LogP contribution in [0.25, 0.3) is 0 Å². The highest BCUT2D eigenvalue weighted by atomic mass is 16.3. The number of nitrogens with zero attached hydrogens (tertiary/aromatic N) is 2. The number of hydrogen-bond acceptors (Lipinski definition) is 6. The molecule has 1 saturated carbocycles. The lowest BCUT2D eigenvalue weighted by molar-refractivity contribution is 0.255. The number of nitrogens with one attached hydrogen (secondary N) is 2. The maximum Gasteiger partial charge on any atom is 0.148 e. The lowest BCUT2D eigenvalue weighted by Gasteiger charge is -2.18. The van der Waals surface area contributed by atoms with Gasteiger partial charge in [0.05, 0.1) is 0 Å². The molecule has 6 nitrogen and oxygen atoms in total. The number of nitrogen functional groups attached to an aromatic ring is 1. The molecule has 1 unspecified atom stereocenters. The topological polar surface area (TPSA) is 96.1 Å². The predicted octanol–water partition coefficient (Wildman–Crippen LogP) is 2.16. The van der Waals surface area contributed by atoms with Gasteiger partial charge >= 0.3 is 0 Å². The molecule has 0 saturated heterocycles. The van der Waals surface area contributed by atoms with Gasteiger partial charge in [-0.3, -0.25) is 0 Å². The van der Waals surface area contributed by atoms with E-state index >= 15 is 0 Å². The average molecular weight is 293 g/mol. The van der Waals surface area contributed by atoms with Crippen molar-refractivity contribution in [1.29, 1.82) is 0 Å². The van der Waals surface area contributed by atoms with Gasteiger partial charge in [0.2, 0.25) is 0 Å². The van der Waals surface area contributed by atoms with Crippen molar-refractivity contribution < 1.29 is 5.11 Å². The Bertz CT molecular complexity index is 456. The minimum Gasteiger partial charge on any atom is -0.396 e. The van der Waals surface area contributed by atoms with E-state index in [-0.39, 0.29) is 6.61 Å². The number of aromatic nitrogens is 2. The molecular formula is C15H27N5O. The first-order valence-corrected chi connectivity index (χ1v) is 7.89. The minimum atomic E-state index is 0.234. The largest absolute Gasteiger partial charge is 0.396 e. The first kappa shape index (κ1) is 16.0. The zero-order chi connectivity index (χ0) is 15.2. The van der Waals surface area contributed by atoms with Crippen molar-refractivity contribution in [3.63, 3.8) is 0 Å². The molecule has 0 aromatic carbocycles. The quantitative estimate of drug-likeness (QED) is 0.411. The Morgan fingerprint density at radius 3 is 2.57 bits per heavy atom. The molecule has 1 heterocycles. The zero-order valence-electron chi connectivity index (χ0n) is 13.0. The van der Waals surface area contributed by atoms with Crippen molar-refractivity contribution in [2.24, 2.45) is 11.8 Å². The number of aliphatic hydroxyl groups excluding tert-OH is 1. The van der Waals surface area contributed by atoms with E-state index in [9.17, 15) is 0 Å². The van der Waals surface area contributed by atoms with Crippen LogP contribution in [0.15, 0.2) is 0 Å². The molecule has 1 aliphatic rings. The second-order valence-electron chi connectivity index (χ2n) is 5.87. The Kier molecular flexibility index (Phi) is 5.76. The van der Waals surface area contributed by atoms with E-state index < -0.39 is 0 Å². The first-order valence-electron chi connectivity index (χ1n) is 7.89. The van der Waals surface area contributed by atoms with Gasteiger partial charge in [-0.25, -0.2) is 15.8 Å². The summed E-state index contributed by atoms with van der Waals surface area (Å²) in [5.41, 5.74) is 3.61. The molecule has 1 fully saturated rings. The summed E-state index contributed by atoms with van der Waals surface area (Å²) >= 11 is 0. The molecule has 0 amide bonds. The van der Waals surface area contributed by atoms with Crippen LogP contribution in [-0.4, -0.2) is 28.2 Å². The Balaban J connectivity index is 2.08. The van der Waals surface area contributed by atoms with Crippen LogP contribution in [0.1, 0.15) is 56.3 Å². The third-order valence-electron chi connectivity index (χ3n) is 4.03. The number of rotatable bonds is 9. The molecular weight excluding hydrogens is 266 g/mol. The number of anilines is 2. The monoisotopic (exact) mass is 293 g/mol. The summed E-state index contributed by atoms with van der Waals surface area (Å²) in [6.07, 6.45) is 5.38. The van der Waals surface area contributed by atoms with Crippen LogP contribution in [0.4, 0.5) is 11.6 Å². The average Bonchev–Trinajstić information content (AvgIpc) is 3.31. The van der Waals surface area contributed by atoms with E-state index in [4.69, 9.17) is 10.9 Å². The minimum absolute atomic E-state index is 0.234. The first-order chi connectivity index (χ1) is 10.2. The van der Waals surface area contributed by atoms with Crippen LogP contribution >= 0.6 is 0 Å². The summed E-state index contributed by atoms with van der Waals surface area (Å²) in [4.78, 5) is 9.14. The van der Waals surface area contributed by atoms with Crippen molar-refractivity contribution in [2.45, 2.75) is 51.9 Å². The van der Waals surface area contributed by atoms with Crippen LogP contribution in [-0.2, 0) is 0 Å². The number of hydrazine groups is 1. The van der Waals surface area contributed by atoms with E-state index in [1.807, 2.05) is 6.92 Å². The number of aliphatic hydroxyl groups is 1. The Morgan fingerprint density at radius 1 is 1.29 bits per heavy atom. The maximum atomic E-state index is 9.14. The highest BCUT2D eigenvalue weighted by Gasteiger charge is 2.28. The molecule has 6 heteroatoms. The van der Waals surface area contributed by atoms with Gasteiger partial charge < -0.3 is 15.8 Å². The van der Waals surface area contributed by atoms with Crippen LogP contribution in [0.3, 0.4) is 0 Å². The normalized spacial score (nSPS) is 15.8. The van der Waals surface area contributed by atoms with Crippen LogP contribution < -0.4 is 16.6 Å². The fourth-order valence-electron chi connectivity index (χ4n) is 2.55. The second kappa shape index (κ2) is 7.56. The van der Waals surface area contributed by atoms with E-state index in [1.165, 1.54) is 0 Å². The molecule has 1 aromatic rings. The summed E-state index contributed by atoms with van der Waals surface area (Å²) in [6.45, 7) is 5.19. The van der Waals surface area contributed by atoms with Crippen LogP contribution in [0.2, 0.25) is 0 Å². The smallest absolute Gasteiger partial charge is 0.148 e. The molecule has 21 heavy (non-hydrogen) atoms. The molecule has 0 aliphatic heterocycles. The summed E-state index contributed by atoms with van der Waals surface area (Å²) in [5.74, 6) is 8.95. The van der Waals surface area contributed by atoms with Gasteiger partial charge in [-0.05, 0) is 38.5 Å². The fraction of sp³-hybridized carbons (Fsp3) is 0.733. The van der Waals surface area contributed by atoms with Gasteiger partial charge in [-0.2, -0.15) is 0 Å². The lowest BCUT2D eigenvalue weighted by Crippen LogP contribution is -2.19. The van der Waals surface area contributed by atoms with Crippen LogP contribution in [0, 0.1) is 12.8 Å². The summed E-state index contributed by atoms with van der Waals surface area (Å²) < 4.78 is 0. The summed E-state index contributed by atoms with van der Waals surface area (Å²) in [5, 5.41) is 12.6. The van der Waals surface area contributed by atoms with E-state index in [0.717, 1.165) is 55.9 Å². The second-order valence-corrected chi connectivity index (χ2v) is 5.87. The van der Waals surface area contributed by atoms with Gasteiger partial charge in [0.1, 0.15) is 17.5 Å². The van der Waals surface area contributed by atoms with Crippen LogP contribution in [0.5, 0.6) is 0 Å². The van der Waals surface area contributed by atoms with Crippen molar-refractivity contribution in [3.8, 4) is 0 Å². The number of nitrogens with two attached hydrogens (primary N) is 1. The Hall–Kier alpha value is -1.40. The van der Waals surface area contributed by atoms with Crippen molar-refractivity contribution in [1.82, 2.24) is 9.97 Å². The van der Waals surface area contributed by atoms with Gasteiger partial charge in [-0.1, -0.05) is 13.3 Å². The highest BCUT2D eigenvalue weighted by Crippen LogP contribution is 2.39. The summed E-state index contributed by atoms with van der Waals surface area (Å²) in [6, 6.07) is 0. The zero-order valence-corrected chi connectivity index (χ0v) is 13.0. The van der Waals surface area contributed by atoms with Crippen molar-refractivity contribution in [2.75, 3.05) is 23.9 Å². The lowest BCUT2D eigenvalue weighted by atomic mass is 10.0. The van der Waals surface area contributed by atoms with E-state index in [0.29, 0.717) is 17.7 Å². The fourth-order valence-corrected chi connectivity index (χ4v) is 2.55. The van der Waals surface area contributed by atoms with Crippen molar-refractivity contribution in [3.05, 3.63) is 11.4 Å². The molecule has 1 atom stereocenters. The maximum absolute atomic E-state index is 9.14. The highest BCUT2D eigenvalue weighted by molar-refractivity contribution is 5.57. The third-order valence-corrected chi connectivity index (χ3v) is 4.03. The van der Waals surface area contributed by atoms with Gasteiger partial charge in [0.15, 0.2) is 0 Å². The van der Waals surface area contributed by atoms with Gasteiger partial charge in [0, 0.05) is 24.6 Å².